The molecule has 0 fully saturated rings. The van der Waals surface area contributed by atoms with Crippen LogP contribution in [-0.4, -0.2) is 34.6 Å². The number of fused-ring (bicyclic) bond motifs is 1. The van der Waals surface area contributed by atoms with E-state index in [4.69, 9.17) is 33.2 Å². The van der Waals surface area contributed by atoms with Crippen LogP contribution in [0.1, 0.15) is 41.2 Å². The molecule has 5 N–H and O–H groups in total. The monoisotopic (exact) mass is 510 g/mol. The maximum atomic E-state index is 14.4. The molecule has 9 nitrogen and oxygen atoms in total. The van der Waals surface area contributed by atoms with Gasteiger partial charge in [-0.15, -0.1) is 0 Å². The van der Waals surface area contributed by atoms with Gasteiger partial charge in [0.15, 0.2) is 6.61 Å². The molecule has 0 aliphatic carbocycles. The summed E-state index contributed by atoms with van der Waals surface area (Å²) in [5, 5.41) is 8.05. The lowest BCUT2D eigenvalue weighted by Crippen LogP contribution is -2.38. The molecule has 1 aliphatic rings. The van der Waals surface area contributed by atoms with Crippen molar-refractivity contribution in [1.29, 1.82) is 5.41 Å². The van der Waals surface area contributed by atoms with Gasteiger partial charge in [-0.2, -0.15) is 0 Å². The maximum absolute atomic E-state index is 14.4. The van der Waals surface area contributed by atoms with Crippen LogP contribution in [0.25, 0.3) is 11.1 Å². The molecule has 2 amide bonds. The number of nitrogens with one attached hydrogen (secondary N) is 1. The highest BCUT2D eigenvalue weighted by Gasteiger charge is 2.29. The van der Waals surface area contributed by atoms with Gasteiger partial charge in [-0.1, -0.05) is 31.5 Å². The summed E-state index contributed by atoms with van der Waals surface area (Å²) in [6.45, 7) is 3.55. The number of primary amides is 1. The Labute approximate surface area is 211 Å². The second kappa shape index (κ2) is 9.90. The van der Waals surface area contributed by atoms with Gasteiger partial charge in [0.25, 0.3) is 11.8 Å². The van der Waals surface area contributed by atoms with E-state index in [0.717, 1.165) is 12.3 Å². The summed E-state index contributed by atoms with van der Waals surface area (Å²) < 4.78 is 20.0. The van der Waals surface area contributed by atoms with E-state index in [0.29, 0.717) is 34.7 Å². The molecule has 3 aromatic rings. The number of rotatable bonds is 7. The van der Waals surface area contributed by atoms with Crippen molar-refractivity contribution in [2.45, 2.75) is 26.8 Å². The third-order valence-corrected chi connectivity index (χ3v) is 5.92. The number of aromatic nitrogens is 2. The SMILES string of the molecule is CC(C)Cc1nc(N)c(C=N)c(-c2ccc3c(c2)OCC(=O)N3Cc2ncc(Cl)cc2F)c1C(N)=O. The lowest BCUT2D eigenvalue weighted by Gasteiger charge is -2.30. The van der Waals surface area contributed by atoms with Crippen LogP contribution in [0.15, 0.2) is 30.5 Å². The first-order chi connectivity index (χ1) is 17.1. The van der Waals surface area contributed by atoms with E-state index in [1.165, 1.54) is 11.1 Å². The highest BCUT2D eigenvalue weighted by atomic mass is 35.5. The normalized spacial score (nSPS) is 12.9. The molecule has 36 heavy (non-hydrogen) atoms. The molecule has 0 atom stereocenters. The summed E-state index contributed by atoms with van der Waals surface area (Å²) in [6.07, 6.45) is 2.78. The van der Waals surface area contributed by atoms with Crippen molar-refractivity contribution in [1.82, 2.24) is 9.97 Å². The van der Waals surface area contributed by atoms with E-state index in [1.54, 1.807) is 18.2 Å². The van der Waals surface area contributed by atoms with E-state index in [9.17, 15) is 14.0 Å². The second-order valence-electron chi connectivity index (χ2n) is 8.75. The fraction of sp³-hybridized carbons (Fsp3) is 0.240. The Bertz CT molecular complexity index is 1390. The first-order valence-corrected chi connectivity index (χ1v) is 11.5. The molecule has 0 saturated heterocycles. The lowest BCUT2D eigenvalue weighted by atomic mass is 9.90. The first-order valence-electron chi connectivity index (χ1n) is 11.1. The van der Waals surface area contributed by atoms with Gasteiger partial charge in [0, 0.05) is 23.5 Å². The van der Waals surface area contributed by atoms with E-state index in [-0.39, 0.29) is 52.6 Å². The third kappa shape index (κ3) is 4.72. The number of pyridine rings is 2. The van der Waals surface area contributed by atoms with Crippen LogP contribution < -0.4 is 21.1 Å². The average Bonchev–Trinajstić information content (AvgIpc) is 2.81. The van der Waals surface area contributed by atoms with Gasteiger partial charge in [-0.05, 0) is 36.1 Å². The predicted molar refractivity (Wildman–Crippen MR) is 135 cm³/mol. The second-order valence-corrected chi connectivity index (χ2v) is 9.18. The van der Waals surface area contributed by atoms with Crippen molar-refractivity contribution < 1.29 is 18.7 Å². The molecule has 186 valence electrons. The Morgan fingerprint density at radius 1 is 1.33 bits per heavy atom. The van der Waals surface area contributed by atoms with Gasteiger partial charge in [0.05, 0.1) is 34.2 Å². The number of hydrogen-bond acceptors (Lipinski definition) is 7. The van der Waals surface area contributed by atoms with Gasteiger partial charge in [0.1, 0.15) is 17.4 Å². The van der Waals surface area contributed by atoms with Crippen molar-refractivity contribution in [3.05, 3.63) is 63.8 Å². The molecule has 0 radical (unpaired) electrons. The molecular weight excluding hydrogens is 487 g/mol. The largest absolute Gasteiger partial charge is 0.482 e. The Kier molecular flexibility index (Phi) is 6.89. The number of nitrogens with two attached hydrogens (primary N) is 2. The standard InChI is InChI=1S/C25H24ClFN6O3/c1-12(2)5-17-23(25(30)35)22(15(8-28)24(29)32-17)13-3-4-19-20(6-13)36-11-21(34)33(19)10-18-16(27)7-14(26)9-31-18/h3-4,6-9,12,28H,5,10-11H2,1-2H3,(H2,29,32)(H2,30,35). The fourth-order valence-electron chi connectivity index (χ4n) is 4.16. The Hall–Kier alpha value is -4.05. The smallest absolute Gasteiger partial charge is 0.265 e. The van der Waals surface area contributed by atoms with E-state index < -0.39 is 11.7 Å². The van der Waals surface area contributed by atoms with Crippen molar-refractivity contribution in [2.75, 3.05) is 17.2 Å². The average molecular weight is 511 g/mol. The molecular formula is C25H24ClFN6O3. The van der Waals surface area contributed by atoms with Crippen LogP contribution in [-0.2, 0) is 17.8 Å². The van der Waals surface area contributed by atoms with Gasteiger partial charge in [-0.3, -0.25) is 19.5 Å². The van der Waals surface area contributed by atoms with Crippen LogP contribution in [0.5, 0.6) is 5.75 Å². The minimum atomic E-state index is -0.698. The number of nitrogens with zero attached hydrogens (tertiary/aromatic N) is 3. The first kappa shape index (κ1) is 25.1. The summed E-state index contributed by atoms with van der Waals surface area (Å²) in [5.74, 6) is -1.12. The summed E-state index contributed by atoms with van der Waals surface area (Å²) in [4.78, 5) is 34.9. The van der Waals surface area contributed by atoms with Gasteiger partial charge >= 0.3 is 0 Å². The number of ether oxygens (including phenoxy) is 1. The number of nitrogen functional groups attached to an aromatic ring is 1. The minimum absolute atomic E-state index is 0.0482. The Morgan fingerprint density at radius 2 is 2.08 bits per heavy atom. The number of benzene rings is 1. The molecule has 3 heterocycles. The number of carbonyl (C=O) groups is 2. The zero-order valence-electron chi connectivity index (χ0n) is 19.6. The van der Waals surface area contributed by atoms with E-state index >= 15 is 0 Å². The molecule has 1 aliphatic heterocycles. The number of hydrogen-bond donors (Lipinski definition) is 3. The van der Waals surface area contributed by atoms with Crippen molar-refractivity contribution in [2.24, 2.45) is 11.7 Å². The Balaban J connectivity index is 1.84. The van der Waals surface area contributed by atoms with Gasteiger partial charge < -0.3 is 21.6 Å². The number of anilines is 2. The maximum Gasteiger partial charge on any atom is 0.265 e. The summed E-state index contributed by atoms with van der Waals surface area (Å²) in [7, 11) is 0. The number of amides is 2. The molecule has 0 saturated carbocycles. The zero-order chi connectivity index (χ0) is 26.1. The van der Waals surface area contributed by atoms with Crippen molar-refractivity contribution in [3.63, 3.8) is 0 Å². The minimum Gasteiger partial charge on any atom is -0.482 e. The van der Waals surface area contributed by atoms with Crippen LogP contribution in [0, 0.1) is 17.1 Å². The summed E-state index contributed by atoms with van der Waals surface area (Å²) in [5.41, 5.74) is 14.1. The van der Waals surface area contributed by atoms with E-state index in [2.05, 4.69) is 9.97 Å². The number of carbonyl (C=O) groups excluding carboxylic acids is 2. The molecule has 1 aromatic carbocycles. The fourth-order valence-corrected chi connectivity index (χ4v) is 4.30. The van der Waals surface area contributed by atoms with E-state index in [1.807, 2.05) is 13.8 Å². The highest BCUT2D eigenvalue weighted by Crippen LogP contribution is 2.40. The summed E-state index contributed by atoms with van der Waals surface area (Å²) in [6, 6.07) is 6.04. The Morgan fingerprint density at radius 3 is 2.72 bits per heavy atom. The molecule has 4 rings (SSSR count). The molecule has 2 aromatic heterocycles. The van der Waals surface area contributed by atoms with Crippen LogP contribution in [0.4, 0.5) is 15.9 Å². The summed E-state index contributed by atoms with van der Waals surface area (Å²) >= 11 is 5.79. The predicted octanol–water partition coefficient (Wildman–Crippen LogP) is 3.74. The zero-order valence-corrected chi connectivity index (χ0v) is 20.4. The molecule has 11 heteroatoms. The third-order valence-electron chi connectivity index (χ3n) is 5.71. The molecule has 0 unspecified atom stereocenters. The molecule has 0 spiro atoms. The topological polar surface area (TPSA) is 148 Å². The quantitative estimate of drug-likeness (QED) is 0.412. The highest BCUT2D eigenvalue weighted by molar-refractivity contribution is 6.30. The molecule has 0 bridgehead atoms. The van der Waals surface area contributed by atoms with Gasteiger partial charge in [-0.25, -0.2) is 9.37 Å². The van der Waals surface area contributed by atoms with Crippen molar-refractivity contribution in [3.8, 4) is 16.9 Å². The van der Waals surface area contributed by atoms with Crippen molar-refractivity contribution >= 4 is 41.1 Å². The lowest BCUT2D eigenvalue weighted by molar-refractivity contribution is -0.121. The van der Waals surface area contributed by atoms with Crippen LogP contribution in [0.2, 0.25) is 5.02 Å². The van der Waals surface area contributed by atoms with Crippen LogP contribution >= 0.6 is 11.6 Å². The van der Waals surface area contributed by atoms with Crippen LogP contribution in [0.3, 0.4) is 0 Å². The van der Waals surface area contributed by atoms with Gasteiger partial charge in [0.2, 0.25) is 0 Å². The number of halogens is 2.